The van der Waals surface area contributed by atoms with Crippen LogP contribution >= 0.6 is 0 Å². The first-order valence-corrected chi connectivity index (χ1v) is 7.48. The molecule has 0 heterocycles. The van der Waals surface area contributed by atoms with Crippen molar-refractivity contribution >= 4 is 5.91 Å². The van der Waals surface area contributed by atoms with Crippen molar-refractivity contribution in [1.29, 1.82) is 0 Å². The predicted octanol–water partition coefficient (Wildman–Crippen LogP) is 4.21. The normalized spacial score (nSPS) is 12.0. The summed E-state index contributed by atoms with van der Waals surface area (Å²) in [4.78, 5) is 12.3. The molecule has 0 bridgehead atoms. The Morgan fingerprint density at radius 2 is 1.74 bits per heavy atom. The summed E-state index contributed by atoms with van der Waals surface area (Å²) in [5.74, 6) is -0.369. The van der Waals surface area contributed by atoms with Gasteiger partial charge < -0.3 is 10.1 Å². The van der Waals surface area contributed by atoms with Crippen LogP contribution in [0, 0.1) is 0 Å². The highest BCUT2D eigenvalue weighted by Crippen LogP contribution is 2.21. The first kappa shape index (κ1) is 16.9. The van der Waals surface area contributed by atoms with Crippen molar-refractivity contribution in [2.45, 2.75) is 25.9 Å². The van der Waals surface area contributed by atoms with Crippen molar-refractivity contribution in [1.82, 2.24) is 5.32 Å². The number of hydrogen-bond donors (Lipinski definition) is 1. The smallest absolute Gasteiger partial charge is 0.387 e. The van der Waals surface area contributed by atoms with Gasteiger partial charge in [0.05, 0.1) is 5.56 Å². The molecule has 1 amide bonds. The van der Waals surface area contributed by atoms with E-state index in [1.807, 2.05) is 37.3 Å². The summed E-state index contributed by atoms with van der Waals surface area (Å²) in [7, 11) is 0. The Labute approximate surface area is 134 Å². The van der Waals surface area contributed by atoms with E-state index in [1.54, 1.807) is 12.1 Å². The van der Waals surface area contributed by atoms with Gasteiger partial charge >= 0.3 is 6.61 Å². The molecule has 1 N–H and O–H groups in total. The van der Waals surface area contributed by atoms with E-state index in [4.69, 9.17) is 0 Å². The van der Waals surface area contributed by atoms with Gasteiger partial charge in [-0.2, -0.15) is 8.78 Å². The molecule has 23 heavy (non-hydrogen) atoms. The number of rotatable bonds is 7. The fourth-order valence-corrected chi connectivity index (χ4v) is 2.39. The summed E-state index contributed by atoms with van der Waals surface area (Å²) < 4.78 is 29.2. The molecule has 0 aliphatic heterocycles. The van der Waals surface area contributed by atoms with E-state index < -0.39 is 12.5 Å². The van der Waals surface area contributed by atoms with E-state index >= 15 is 0 Å². The molecular weight excluding hydrogens is 300 g/mol. The monoisotopic (exact) mass is 319 g/mol. The lowest BCUT2D eigenvalue weighted by atomic mass is 9.96. The maximum Gasteiger partial charge on any atom is 0.387 e. The molecule has 5 heteroatoms. The van der Waals surface area contributed by atoms with E-state index in [-0.39, 0.29) is 17.2 Å². The second-order valence-corrected chi connectivity index (χ2v) is 5.10. The Morgan fingerprint density at radius 3 is 2.39 bits per heavy atom. The Balaban J connectivity index is 2.04. The highest BCUT2D eigenvalue weighted by atomic mass is 19.3. The van der Waals surface area contributed by atoms with Crippen LogP contribution < -0.4 is 10.1 Å². The van der Waals surface area contributed by atoms with E-state index in [0.29, 0.717) is 6.54 Å². The van der Waals surface area contributed by atoms with Gasteiger partial charge in [-0.05, 0) is 24.1 Å². The lowest BCUT2D eigenvalue weighted by Crippen LogP contribution is -2.28. The maximum atomic E-state index is 12.4. The molecule has 122 valence electrons. The quantitative estimate of drug-likeness (QED) is 0.830. The summed E-state index contributed by atoms with van der Waals surface area (Å²) in [5, 5.41) is 2.80. The number of hydrogen-bond acceptors (Lipinski definition) is 2. The molecule has 3 nitrogen and oxygen atoms in total. The van der Waals surface area contributed by atoms with Gasteiger partial charge in [0.2, 0.25) is 0 Å². The Kier molecular flexibility index (Phi) is 6.09. The third-order valence-electron chi connectivity index (χ3n) is 3.62. The molecule has 2 aromatic rings. The van der Waals surface area contributed by atoms with Crippen molar-refractivity contribution in [2.24, 2.45) is 0 Å². The minimum absolute atomic E-state index is 0.107. The standard InChI is InChI=1S/C18H19F2NO2/c1-2-13(14-8-4-3-5-9-14)12-21-17(22)15-10-6-7-11-16(15)23-18(19)20/h3-11,13,18H,2,12H2,1H3,(H,21,22)/t13-/m1/s1. The van der Waals surface area contributed by atoms with E-state index in [9.17, 15) is 13.6 Å². The van der Waals surface area contributed by atoms with Crippen LogP contribution in [0.1, 0.15) is 35.2 Å². The number of halogens is 2. The largest absolute Gasteiger partial charge is 0.434 e. The van der Waals surface area contributed by atoms with Gasteiger partial charge in [-0.1, -0.05) is 49.4 Å². The Hall–Kier alpha value is -2.43. The van der Waals surface area contributed by atoms with Gasteiger partial charge in [0.1, 0.15) is 5.75 Å². The molecule has 1 atom stereocenters. The number of alkyl halides is 2. The molecular formula is C18H19F2NO2. The van der Waals surface area contributed by atoms with Crippen LogP contribution in [0.15, 0.2) is 54.6 Å². The zero-order chi connectivity index (χ0) is 16.7. The average molecular weight is 319 g/mol. The lowest BCUT2D eigenvalue weighted by molar-refractivity contribution is -0.0501. The van der Waals surface area contributed by atoms with Crippen molar-refractivity contribution in [3.63, 3.8) is 0 Å². The molecule has 0 aromatic heterocycles. The number of carbonyl (C=O) groups is 1. The molecule has 0 fully saturated rings. The number of amides is 1. The van der Waals surface area contributed by atoms with Gasteiger partial charge in [0, 0.05) is 12.5 Å². The van der Waals surface area contributed by atoms with Crippen molar-refractivity contribution in [3.8, 4) is 5.75 Å². The fraction of sp³-hybridized carbons (Fsp3) is 0.278. The van der Waals surface area contributed by atoms with Crippen LogP contribution in [0.3, 0.4) is 0 Å². The van der Waals surface area contributed by atoms with E-state index in [2.05, 4.69) is 10.1 Å². The molecule has 0 aliphatic carbocycles. The minimum Gasteiger partial charge on any atom is -0.434 e. The molecule has 0 spiro atoms. The summed E-state index contributed by atoms with van der Waals surface area (Å²) in [6.45, 7) is -0.489. The van der Waals surface area contributed by atoms with Crippen LogP contribution in [0.4, 0.5) is 8.78 Å². The lowest BCUT2D eigenvalue weighted by Gasteiger charge is -2.17. The van der Waals surface area contributed by atoms with Crippen LogP contribution in [0.2, 0.25) is 0 Å². The molecule has 2 aromatic carbocycles. The molecule has 0 aliphatic rings. The molecule has 0 radical (unpaired) electrons. The van der Waals surface area contributed by atoms with Crippen LogP contribution in [-0.2, 0) is 0 Å². The second-order valence-electron chi connectivity index (χ2n) is 5.10. The molecule has 0 saturated heterocycles. The van der Waals surface area contributed by atoms with Gasteiger partial charge in [-0.25, -0.2) is 0 Å². The van der Waals surface area contributed by atoms with Crippen molar-refractivity contribution in [3.05, 3.63) is 65.7 Å². The summed E-state index contributed by atoms with van der Waals surface area (Å²) in [6.07, 6.45) is 0.861. The van der Waals surface area contributed by atoms with E-state index in [1.165, 1.54) is 12.1 Å². The topological polar surface area (TPSA) is 38.3 Å². The second kappa shape index (κ2) is 8.27. The van der Waals surface area contributed by atoms with Gasteiger partial charge in [-0.3, -0.25) is 4.79 Å². The number of benzene rings is 2. The SMILES string of the molecule is CC[C@H](CNC(=O)c1ccccc1OC(F)F)c1ccccc1. The van der Waals surface area contributed by atoms with Gasteiger partial charge in [-0.15, -0.1) is 0 Å². The highest BCUT2D eigenvalue weighted by Gasteiger charge is 2.17. The highest BCUT2D eigenvalue weighted by molar-refractivity contribution is 5.96. The van der Waals surface area contributed by atoms with Gasteiger partial charge in [0.25, 0.3) is 5.91 Å². The van der Waals surface area contributed by atoms with Crippen molar-refractivity contribution < 1.29 is 18.3 Å². The first-order valence-electron chi connectivity index (χ1n) is 7.48. The maximum absolute atomic E-state index is 12.4. The van der Waals surface area contributed by atoms with E-state index in [0.717, 1.165) is 12.0 Å². The minimum atomic E-state index is -2.96. The van der Waals surface area contributed by atoms with Crippen molar-refractivity contribution in [2.75, 3.05) is 6.54 Å². The predicted molar refractivity (Wildman–Crippen MR) is 84.9 cm³/mol. The van der Waals surface area contributed by atoms with Gasteiger partial charge in [0.15, 0.2) is 0 Å². The van der Waals surface area contributed by atoms with Crippen LogP contribution in [-0.4, -0.2) is 19.1 Å². The fourth-order valence-electron chi connectivity index (χ4n) is 2.39. The summed E-state index contributed by atoms with van der Waals surface area (Å²) in [6, 6.07) is 15.8. The number of para-hydroxylation sites is 1. The summed E-state index contributed by atoms with van der Waals surface area (Å²) in [5.41, 5.74) is 1.24. The Morgan fingerprint density at radius 1 is 1.09 bits per heavy atom. The molecule has 0 unspecified atom stereocenters. The third kappa shape index (κ3) is 4.77. The Bertz CT molecular complexity index is 632. The van der Waals surface area contributed by atoms with Crippen LogP contribution in [0.5, 0.6) is 5.75 Å². The molecule has 0 saturated carbocycles. The number of ether oxygens (including phenoxy) is 1. The zero-order valence-electron chi connectivity index (χ0n) is 12.8. The van der Waals surface area contributed by atoms with Crippen LogP contribution in [0.25, 0.3) is 0 Å². The zero-order valence-corrected chi connectivity index (χ0v) is 12.8. The third-order valence-corrected chi connectivity index (χ3v) is 3.62. The first-order chi connectivity index (χ1) is 11.1. The average Bonchev–Trinajstić information content (AvgIpc) is 2.56. The number of carbonyl (C=O) groups excluding carboxylic acids is 1. The number of nitrogens with one attached hydrogen (secondary N) is 1. The molecule has 2 rings (SSSR count). The summed E-state index contributed by atoms with van der Waals surface area (Å²) >= 11 is 0.